The molecule has 0 atom stereocenters. The molecule has 1 aliphatic carbocycles. The highest BCUT2D eigenvalue weighted by molar-refractivity contribution is 5.81. The lowest BCUT2D eigenvalue weighted by Gasteiger charge is -2.32. The van der Waals surface area contributed by atoms with Crippen LogP contribution in [0.25, 0.3) is 0 Å². The van der Waals surface area contributed by atoms with E-state index < -0.39 is 0 Å². The zero-order chi connectivity index (χ0) is 19.6. The summed E-state index contributed by atoms with van der Waals surface area (Å²) in [7, 11) is 0. The minimum absolute atomic E-state index is 0.0161. The largest absolute Gasteiger partial charge is 0.483 e. The van der Waals surface area contributed by atoms with Crippen LogP contribution in [0.5, 0.6) is 5.75 Å². The number of nitrogens with zero attached hydrogens (tertiary/aromatic N) is 1. The second-order valence-electron chi connectivity index (χ2n) is 8.98. The van der Waals surface area contributed by atoms with Gasteiger partial charge in [-0.1, -0.05) is 38.5 Å². The number of aryl methyl sites for hydroxylation is 1. The van der Waals surface area contributed by atoms with Crippen molar-refractivity contribution in [3.63, 3.8) is 0 Å². The molecule has 1 saturated heterocycles. The zero-order valence-electron chi connectivity index (χ0n) is 17.0. The van der Waals surface area contributed by atoms with E-state index in [0.29, 0.717) is 13.1 Å². The summed E-state index contributed by atoms with van der Waals surface area (Å²) >= 11 is 0. The van der Waals surface area contributed by atoms with Crippen LogP contribution in [0.4, 0.5) is 0 Å². The van der Waals surface area contributed by atoms with Crippen molar-refractivity contribution in [2.45, 2.75) is 64.8 Å². The van der Waals surface area contributed by atoms with Crippen LogP contribution in [-0.2, 0) is 15.0 Å². The third-order valence-corrected chi connectivity index (χ3v) is 5.44. The maximum atomic E-state index is 12.6. The SMILES string of the molecule is Cc1ccc(OCC(=O)N2CCC(NC(=O)C3CC3)CC2)c(C(C)(C)C)c1. The molecular weight excluding hydrogens is 340 g/mol. The minimum atomic E-state index is -0.0392. The zero-order valence-corrected chi connectivity index (χ0v) is 17.0. The smallest absolute Gasteiger partial charge is 0.260 e. The molecule has 3 rings (SSSR count). The number of carbonyl (C=O) groups excluding carboxylic acids is 2. The number of benzene rings is 1. The number of likely N-dealkylation sites (tertiary alicyclic amines) is 1. The Kier molecular flexibility index (Phi) is 5.78. The van der Waals surface area contributed by atoms with E-state index in [9.17, 15) is 9.59 Å². The standard InChI is InChI=1S/C22H32N2O3/c1-15-5-8-19(18(13-15)22(2,3)4)27-14-20(25)24-11-9-17(10-12-24)23-21(26)16-6-7-16/h5,8,13,16-17H,6-7,9-12,14H2,1-4H3,(H,23,26). The lowest BCUT2D eigenvalue weighted by molar-refractivity contribution is -0.134. The molecule has 1 aromatic rings. The van der Waals surface area contributed by atoms with Gasteiger partial charge in [0.05, 0.1) is 0 Å². The summed E-state index contributed by atoms with van der Waals surface area (Å²) in [6, 6.07) is 6.31. The summed E-state index contributed by atoms with van der Waals surface area (Å²) in [6.45, 7) is 9.93. The first-order valence-electron chi connectivity index (χ1n) is 10.1. The van der Waals surface area contributed by atoms with Crippen LogP contribution in [0.3, 0.4) is 0 Å². The number of piperidine rings is 1. The molecule has 0 radical (unpaired) electrons. The predicted octanol–water partition coefficient (Wildman–Crippen LogP) is 3.19. The molecular formula is C22H32N2O3. The quantitative estimate of drug-likeness (QED) is 0.864. The van der Waals surface area contributed by atoms with Gasteiger partial charge in [-0.2, -0.15) is 0 Å². The second kappa shape index (κ2) is 7.91. The van der Waals surface area contributed by atoms with E-state index in [4.69, 9.17) is 4.74 Å². The molecule has 1 aromatic carbocycles. The molecule has 27 heavy (non-hydrogen) atoms. The van der Waals surface area contributed by atoms with Crippen molar-refractivity contribution in [2.75, 3.05) is 19.7 Å². The minimum Gasteiger partial charge on any atom is -0.483 e. The Morgan fingerprint density at radius 3 is 2.41 bits per heavy atom. The van der Waals surface area contributed by atoms with Gasteiger partial charge in [0, 0.05) is 25.0 Å². The second-order valence-corrected chi connectivity index (χ2v) is 8.98. The lowest BCUT2D eigenvalue weighted by atomic mass is 9.85. The average molecular weight is 373 g/mol. The number of rotatable bonds is 5. The van der Waals surface area contributed by atoms with E-state index in [0.717, 1.165) is 37.0 Å². The summed E-state index contributed by atoms with van der Waals surface area (Å²) in [5, 5.41) is 3.12. The van der Waals surface area contributed by atoms with Gasteiger partial charge in [-0.25, -0.2) is 0 Å². The Morgan fingerprint density at radius 2 is 1.81 bits per heavy atom. The van der Waals surface area contributed by atoms with Crippen LogP contribution >= 0.6 is 0 Å². The van der Waals surface area contributed by atoms with Gasteiger partial charge in [0.2, 0.25) is 5.91 Å². The van der Waals surface area contributed by atoms with E-state index >= 15 is 0 Å². The summed E-state index contributed by atoms with van der Waals surface area (Å²) in [5.74, 6) is 1.23. The third kappa shape index (κ3) is 5.24. The van der Waals surface area contributed by atoms with Crippen molar-refractivity contribution in [1.29, 1.82) is 0 Å². The normalized spacial score (nSPS) is 18.3. The maximum Gasteiger partial charge on any atom is 0.260 e. The van der Waals surface area contributed by atoms with E-state index in [2.05, 4.69) is 39.1 Å². The number of hydrogen-bond donors (Lipinski definition) is 1. The molecule has 148 valence electrons. The summed E-state index contributed by atoms with van der Waals surface area (Å²) in [6.07, 6.45) is 3.69. The molecule has 0 aromatic heterocycles. The molecule has 2 aliphatic rings. The van der Waals surface area contributed by atoms with Crippen LogP contribution in [0.1, 0.15) is 57.6 Å². The predicted molar refractivity (Wildman–Crippen MR) is 106 cm³/mol. The Labute approximate surface area is 162 Å². The number of hydrogen-bond acceptors (Lipinski definition) is 3. The number of amides is 2. The van der Waals surface area contributed by atoms with Crippen molar-refractivity contribution in [1.82, 2.24) is 10.2 Å². The Bertz CT molecular complexity index is 696. The lowest BCUT2D eigenvalue weighted by Crippen LogP contribution is -2.48. The first-order chi connectivity index (χ1) is 12.7. The van der Waals surface area contributed by atoms with Gasteiger partial charge in [-0.15, -0.1) is 0 Å². The fourth-order valence-electron chi connectivity index (χ4n) is 3.52. The van der Waals surface area contributed by atoms with Crippen LogP contribution in [0.15, 0.2) is 18.2 Å². The van der Waals surface area contributed by atoms with Gasteiger partial charge >= 0.3 is 0 Å². The molecule has 1 aliphatic heterocycles. The summed E-state index contributed by atoms with van der Waals surface area (Å²) < 4.78 is 5.90. The molecule has 2 fully saturated rings. The molecule has 0 spiro atoms. The topological polar surface area (TPSA) is 58.6 Å². The third-order valence-electron chi connectivity index (χ3n) is 5.44. The van der Waals surface area contributed by atoms with Gasteiger partial charge in [-0.05, 0) is 49.7 Å². The van der Waals surface area contributed by atoms with Gasteiger partial charge in [0.1, 0.15) is 5.75 Å². The van der Waals surface area contributed by atoms with Crippen LogP contribution < -0.4 is 10.1 Å². The average Bonchev–Trinajstić information content (AvgIpc) is 3.45. The first kappa shape index (κ1) is 19.7. The van der Waals surface area contributed by atoms with Gasteiger partial charge in [0.15, 0.2) is 6.61 Å². The summed E-state index contributed by atoms with van der Waals surface area (Å²) in [5.41, 5.74) is 2.27. The van der Waals surface area contributed by atoms with Crippen molar-refractivity contribution in [2.24, 2.45) is 5.92 Å². The van der Waals surface area contributed by atoms with Gasteiger partial charge in [0.25, 0.3) is 5.91 Å². The highest BCUT2D eigenvalue weighted by Crippen LogP contribution is 2.32. The molecule has 5 heteroatoms. The van der Waals surface area contributed by atoms with Crippen LogP contribution in [0.2, 0.25) is 0 Å². The molecule has 1 N–H and O–H groups in total. The molecule has 5 nitrogen and oxygen atoms in total. The monoisotopic (exact) mass is 372 g/mol. The van der Waals surface area contributed by atoms with Crippen molar-refractivity contribution in [3.8, 4) is 5.75 Å². The highest BCUT2D eigenvalue weighted by Gasteiger charge is 2.32. The highest BCUT2D eigenvalue weighted by atomic mass is 16.5. The van der Waals surface area contributed by atoms with E-state index in [1.165, 1.54) is 5.56 Å². The van der Waals surface area contributed by atoms with Crippen LogP contribution in [-0.4, -0.2) is 42.5 Å². The Morgan fingerprint density at radius 1 is 1.15 bits per heavy atom. The van der Waals surface area contributed by atoms with E-state index in [-0.39, 0.29) is 35.8 Å². The maximum absolute atomic E-state index is 12.6. The first-order valence-corrected chi connectivity index (χ1v) is 10.1. The van der Waals surface area contributed by atoms with Crippen molar-refractivity contribution < 1.29 is 14.3 Å². The fraction of sp³-hybridized carbons (Fsp3) is 0.636. The molecule has 2 amide bonds. The van der Waals surface area contributed by atoms with E-state index in [1.807, 2.05) is 17.0 Å². The number of carbonyl (C=O) groups is 2. The number of ether oxygens (including phenoxy) is 1. The van der Waals surface area contributed by atoms with Gasteiger partial charge < -0.3 is 15.0 Å². The van der Waals surface area contributed by atoms with E-state index in [1.54, 1.807) is 0 Å². The molecule has 1 heterocycles. The number of nitrogens with one attached hydrogen (secondary N) is 1. The van der Waals surface area contributed by atoms with Crippen molar-refractivity contribution >= 4 is 11.8 Å². The molecule has 1 saturated carbocycles. The summed E-state index contributed by atoms with van der Waals surface area (Å²) in [4.78, 5) is 26.3. The molecule has 0 unspecified atom stereocenters. The van der Waals surface area contributed by atoms with Gasteiger partial charge in [-0.3, -0.25) is 9.59 Å². The Hall–Kier alpha value is -2.04. The molecule has 0 bridgehead atoms. The van der Waals surface area contributed by atoms with Crippen molar-refractivity contribution in [3.05, 3.63) is 29.3 Å². The fourth-order valence-corrected chi connectivity index (χ4v) is 3.52. The van der Waals surface area contributed by atoms with Crippen LogP contribution in [0, 0.1) is 12.8 Å². The Balaban J connectivity index is 1.50.